The fraction of sp³-hybridized carbons (Fsp3) is 0.588. The highest BCUT2D eigenvalue weighted by Gasteiger charge is 2.40. The van der Waals surface area contributed by atoms with Gasteiger partial charge in [0.15, 0.2) is 11.5 Å². The van der Waals surface area contributed by atoms with Gasteiger partial charge in [-0.2, -0.15) is 0 Å². The first-order chi connectivity index (χ1) is 11.6. The number of hydrogen-bond acceptors (Lipinski definition) is 5. The lowest BCUT2D eigenvalue weighted by Crippen LogP contribution is -2.60. The Morgan fingerprint density at radius 2 is 2.08 bits per heavy atom. The number of ether oxygens (including phenoxy) is 3. The van der Waals surface area contributed by atoms with Gasteiger partial charge in [-0.25, -0.2) is 4.39 Å². The fourth-order valence-electron chi connectivity index (χ4n) is 3.53. The Bertz CT molecular complexity index is 625. The van der Waals surface area contributed by atoms with E-state index in [4.69, 9.17) is 14.2 Å². The summed E-state index contributed by atoms with van der Waals surface area (Å²) in [6, 6.07) is 2.61. The summed E-state index contributed by atoms with van der Waals surface area (Å²) < 4.78 is 30.7. The molecule has 2 saturated heterocycles. The van der Waals surface area contributed by atoms with Gasteiger partial charge < -0.3 is 24.0 Å². The molecule has 0 saturated carbocycles. The molecule has 3 rings (SSSR count). The Kier molecular flexibility index (Phi) is 4.91. The third-order valence-electron chi connectivity index (χ3n) is 4.76. The third kappa shape index (κ3) is 2.93. The average Bonchev–Trinajstić information content (AvgIpc) is 2.60. The zero-order valence-electron chi connectivity index (χ0n) is 14.3. The molecule has 24 heavy (non-hydrogen) atoms. The molecule has 1 aromatic carbocycles. The first-order valence-electron chi connectivity index (χ1n) is 8.08. The van der Waals surface area contributed by atoms with Crippen molar-refractivity contribution >= 4 is 5.91 Å². The predicted molar refractivity (Wildman–Crippen MR) is 86.2 cm³/mol. The van der Waals surface area contributed by atoms with Gasteiger partial charge in [-0.3, -0.25) is 4.79 Å². The number of likely N-dealkylation sites (tertiary alicyclic amines) is 1. The summed E-state index contributed by atoms with van der Waals surface area (Å²) in [5, 5.41) is 0. The highest BCUT2D eigenvalue weighted by atomic mass is 19.1. The predicted octanol–water partition coefficient (Wildman–Crippen LogP) is 1.39. The first-order valence-corrected chi connectivity index (χ1v) is 8.08. The van der Waals surface area contributed by atoms with Crippen LogP contribution in [0, 0.1) is 5.82 Å². The number of hydrogen-bond donors (Lipinski definition) is 0. The zero-order chi connectivity index (χ0) is 17.3. The smallest absolute Gasteiger partial charge is 0.261 e. The molecule has 0 radical (unpaired) electrons. The molecule has 0 aliphatic carbocycles. The zero-order valence-corrected chi connectivity index (χ0v) is 14.3. The van der Waals surface area contributed by atoms with Gasteiger partial charge in [0.1, 0.15) is 11.4 Å². The van der Waals surface area contributed by atoms with Crippen LogP contribution in [0.25, 0.3) is 0 Å². The van der Waals surface area contributed by atoms with Crippen molar-refractivity contribution in [2.45, 2.75) is 18.6 Å². The van der Waals surface area contributed by atoms with Crippen molar-refractivity contribution in [1.82, 2.24) is 9.80 Å². The van der Waals surface area contributed by atoms with Crippen LogP contribution in [0.2, 0.25) is 0 Å². The number of benzene rings is 1. The van der Waals surface area contributed by atoms with E-state index in [9.17, 15) is 9.18 Å². The van der Waals surface area contributed by atoms with E-state index in [1.807, 2.05) is 7.05 Å². The Morgan fingerprint density at radius 1 is 1.29 bits per heavy atom. The Balaban J connectivity index is 1.96. The molecular weight excluding hydrogens is 315 g/mol. The van der Waals surface area contributed by atoms with E-state index in [2.05, 4.69) is 4.90 Å². The highest BCUT2D eigenvalue weighted by Crippen LogP contribution is 2.35. The second kappa shape index (κ2) is 6.94. The number of carbonyl (C=O) groups excluding carboxylic acids is 1. The molecule has 0 unspecified atom stereocenters. The van der Waals surface area contributed by atoms with E-state index in [-0.39, 0.29) is 29.4 Å². The number of halogens is 1. The summed E-state index contributed by atoms with van der Waals surface area (Å²) in [6.45, 7) is 2.54. The summed E-state index contributed by atoms with van der Waals surface area (Å²) >= 11 is 0. The second-order valence-corrected chi connectivity index (χ2v) is 6.18. The van der Waals surface area contributed by atoms with Crippen molar-refractivity contribution < 1.29 is 23.4 Å². The summed E-state index contributed by atoms with van der Waals surface area (Å²) in [6.07, 6.45) is 0.862. The lowest BCUT2D eigenvalue weighted by molar-refractivity contribution is -0.0871. The van der Waals surface area contributed by atoms with Crippen LogP contribution in [0.5, 0.6) is 11.5 Å². The molecule has 2 heterocycles. The number of amides is 1. The van der Waals surface area contributed by atoms with Crippen LogP contribution >= 0.6 is 0 Å². The van der Waals surface area contributed by atoms with Crippen LogP contribution in [0.15, 0.2) is 12.1 Å². The minimum atomic E-state index is -0.607. The summed E-state index contributed by atoms with van der Waals surface area (Å²) in [5.74, 6) is -0.510. The van der Waals surface area contributed by atoms with Gasteiger partial charge in [0.25, 0.3) is 5.91 Å². The lowest BCUT2D eigenvalue weighted by atomic mass is 9.98. The normalized spacial score (nSPS) is 24.4. The maximum absolute atomic E-state index is 14.4. The molecule has 0 spiro atoms. The number of piperidine rings is 1. The van der Waals surface area contributed by atoms with Crippen molar-refractivity contribution in [1.29, 1.82) is 0 Å². The van der Waals surface area contributed by atoms with Crippen LogP contribution in [0.4, 0.5) is 4.39 Å². The SMILES string of the molecule is COc1ccc(F)c(C(=O)N2CCO[C@@H]3CCN(C)C[C@@H]32)c1OC. The largest absolute Gasteiger partial charge is 0.493 e. The van der Waals surface area contributed by atoms with E-state index in [1.54, 1.807) is 4.90 Å². The molecule has 7 heteroatoms. The second-order valence-electron chi connectivity index (χ2n) is 6.18. The van der Waals surface area contributed by atoms with Crippen molar-refractivity contribution in [3.05, 3.63) is 23.5 Å². The van der Waals surface area contributed by atoms with Gasteiger partial charge in [-0.15, -0.1) is 0 Å². The maximum atomic E-state index is 14.4. The van der Waals surface area contributed by atoms with Crippen LogP contribution in [-0.2, 0) is 4.74 Å². The summed E-state index contributed by atoms with van der Waals surface area (Å²) in [7, 11) is 4.88. The maximum Gasteiger partial charge on any atom is 0.261 e. The standard InChI is InChI=1S/C17H23FN2O4/c1-19-7-6-13-12(10-19)20(8-9-24-13)17(21)15-11(18)4-5-14(22-2)16(15)23-3/h4-5,12-13H,6-10H2,1-3H3/t12-,13+/m0/s1. The monoisotopic (exact) mass is 338 g/mol. The van der Waals surface area contributed by atoms with E-state index < -0.39 is 5.82 Å². The number of rotatable bonds is 3. The number of morpholine rings is 1. The summed E-state index contributed by atoms with van der Waals surface area (Å²) in [4.78, 5) is 17.0. The van der Waals surface area contributed by atoms with Gasteiger partial charge in [-0.05, 0) is 25.6 Å². The van der Waals surface area contributed by atoms with Crippen LogP contribution in [-0.4, -0.2) is 75.4 Å². The minimum Gasteiger partial charge on any atom is -0.493 e. The molecule has 2 aliphatic heterocycles. The van der Waals surface area contributed by atoms with Crippen LogP contribution in [0.3, 0.4) is 0 Å². The van der Waals surface area contributed by atoms with Crippen LogP contribution in [0.1, 0.15) is 16.8 Å². The molecular formula is C17H23FN2O4. The minimum absolute atomic E-state index is 0.00133. The average molecular weight is 338 g/mol. The van der Waals surface area contributed by atoms with Gasteiger partial charge >= 0.3 is 0 Å². The number of likely N-dealkylation sites (N-methyl/N-ethyl adjacent to an activating group) is 1. The highest BCUT2D eigenvalue weighted by molar-refractivity contribution is 5.98. The molecule has 132 valence electrons. The van der Waals surface area contributed by atoms with E-state index in [1.165, 1.54) is 26.4 Å². The quantitative estimate of drug-likeness (QED) is 0.834. The molecule has 6 nitrogen and oxygen atoms in total. The van der Waals surface area contributed by atoms with E-state index >= 15 is 0 Å². The molecule has 0 N–H and O–H groups in total. The number of methoxy groups -OCH3 is 2. The van der Waals surface area contributed by atoms with Gasteiger partial charge in [0.05, 0.1) is 33.0 Å². The Hall–Kier alpha value is -1.86. The van der Waals surface area contributed by atoms with Crippen molar-refractivity contribution in [3.8, 4) is 11.5 Å². The molecule has 1 aromatic rings. The third-order valence-corrected chi connectivity index (χ3v) is 4.76. The Labute approximate surface area is 141 Å². The number of nitrogens with zero attached hydrogens (tertiary/aromatic N) is 2. The molecule has 2 aliphatic rings. The fourth-order valence-corrected chi connectivity index (χ4v) is 3.53. The molecule has 0 aromatic heterocycles. The van der Waals surface area contributed by atoms with Crippen molar-refractivity contribution in [2.24, 2.45) is 0 Å². The number of carbonyl (C=O) groups is 1. The molecule has 0 bridgehead atoms. The Morgan fingerprint density at radius 3 is 2.79 bits per heavy atom. The van der Waals surface area contributed by atoms with Gasteiger partial charge in [0.2, 0.25) is 0 Å². The molecule has 2 fully saturated rings. The van der Waals surface area contributed by atoms with Crippen LogP contribution < -0.4 is 9.47 Å². The lowest BCUT2D eigenvalue weighted by Gasteiger charge is -2.46. The molecule has 2 atom stereocenters. The summed E-state index contributed by atoms with van der Waals surface area (Å²) in [5.41, 5.74) is -0.0780. The first kappa shape index (κ1) is 17.0. The number of fused-ring (bicyclic) bond motifs is 1. The topological polar surface area (TPSA) is 51.2 Å². The molecule has 1 amide bonds. The van der Waals surface area contributed by atoms with Gasteiger partial charge in [0, 0.05) is 19.6 Å². The van der Waals surface area contributed by atoms with Crippen molar-refractivity contribution in [3.63, 3.8) is 0 Å². The van der Waals surface area contributed by atoms with Crippen molar-refractivity contribution in [2.75, 3.05) is 47.5 Å². The van der Waals surface area contributed by atoms with Gasteiger partial charge in [-0.1, -0.05) is 0 Å². The van der Waals surface area contributed by atoms with E-state index in [0.717, 1.165) is 13.0 Å². The van der Waals surface area contributed by atoms with E-state index in [0.29, 0.717) is 25.4 Å².